The minimum atomic E-state index is -0.544. The third kappa shape index (κ3) is 4.81. The third-order valence-electron chi connectivity index (χ3n) is 5.31. The molecule has 1 saturated heterocycles. The van der Waals surface area contributed by atoms with E-state index in [0.717, 1.165) is 27.7 Å². The van der Waals surface area contributed by atoms with Crippen molar-refractivity contribution in [1.29, 1.82) is 0 Å². The Morgan fingerprint density at radius 3 is 2.28 bits per heavy atom. The van der Waals surface area contributed by atoms with Crippen molar-refractivity contribution in [2.75, 3.05) is 26.3 Å². The molecular weight excluding hydrogens is 404 g/mol. The predicted molar refractivity (Wildman–Crippen MR) is 124 cm³/mol. The molecule has 3 aromatic rings. The Bertz CT molecular complexity index is 1160. The summed E-state index contributed by atoms with van der Waals surface area (Å²) in [6.45, 7) is 9.82. The number of nitrogens with zero attached hydrogens (tertiary/aromatic N) is 2. The molecule has 32 heavy (non-hydrogen) atoms. The lowest BCUT2D eigenvalue weighted by Crippen LogP contribution is -2.40. The van der Waals surface area contributed by atoms with Gasteiger partial charge in [0.05, 0.1) is 24.3 Å². The summed E-state index contributed by atoms with van der Waals surface area (Å²) < 4.78 is 10.8. The zero-order valence-electron chi connectivity index (χ0n) is 19.0. The average molecular weight is 433 g/mol. The summed E-state index contributed by atoms with van der Waals surface area (Å²) >= 11 is 0. The fourth-order valence-corrected chi connectivity index (χ4v) is 3.80. The van der Waals surface area contributed by atoms with E-state index in [1.165, 1.54) is 0 Å². The van der Waals surface area contributed by atoms with E-state index in [2.05, 4.69) is 4.98 Å². The van der Waals surface area contributed by atoms with Crippen molar-refractivity contribution in [2.24, 2.45) is 0 Å². The van der Waals surface area contributed by atoms with E-state index in [0.29, 0.717) is 37.4 Å². The first-order valence-corrected chi connectivity index (χ1v) is 10.8. The quantitative estimate of drug-likeness (QED) is 0.564. The van der Waals surface area contributed by atoms with Crippen molar-refractivity contribution in [1.82, 2.24) is 9.88 Å². The largest absolute Gasteiger partial charge is 0.456 e. The van der Waals surface area contributed by atoms with Gasteiger partial charge < -0.3 is 14.4 Å². The lowest BCUT2D eigenvalue weighted by molar-refractivity contribution is 0.00694. The van der Waals surface area contributed by atoms with Crippen LogP contribution in [0.15, 0.2) is 48.5 Å². The molecular formula is C26H28N2O4. The summed E-state index contributed by atoms with van der Waals surface area (Å²) in [4.78, 5) is 31.8. The minimum absolute atomic E-state index is 0.00185. The molecule has 1 aromatic heterocycles. The highest BCUT2D eigenvalue weighted by atomic mass is 16.6. The van der Waals surface area contributed by atoms with Gasteiger partial charge in [0.1, 0.15) is 5.60 Å². The van der Waals surface area contributed by atoms with Gasteiger partial charge in [-0.1, -0.05) is 12.1 Å². The smallest absolute Gasteiger partial charge is 0.338 e. The maximum atomic E-state index is 13.0. The molecule has 1 aliphatic heterocycles. The second-order valence-corrected chi connectivity index (χ2v) is 9.03. The molecule has 1 amide bonds. The zero-order chi connectivity index (χ0) is 22.9. The molecule has 0 spiro atoms. The summed E-state index contributed by atoms with van der Waals surface area (Å²) in [5, 5.41) is 0.903. The number of ether oxygens (including phenoxy) is 2. The number of fused-ring (bicyclic) bond motifs is 1. The van der Waals surface area contributed by atoms with Crippen molar-refractivity contribution in [3.8, 4) is 11.1 Å². The molecule has 2 aromatic carbocycles. The Balaban J connectivity index is 1.70. The molecule has 4 rings (SSSR count). The maximum Gasteiger partial charge on any atom is 0.338 e. The van der Waals surface area contributed by atoms with Gasteiger partial charge in [0.2, 0.25) is 0 Å². The Kier molecular flexibility index (Phi) is 5.98. The number of carbonyl (C=O) groups excluding carboxylic acids is 2. The van der Waals surface area contributed by atoms with Crippen molar-refractivity contribution < 1.29 is 19.1 Å². The second kappa shape index (κ2) is 8.71. The number of morpholine rings is 1. The van der Waals surface area contributed by atoms with Crippen LogP contribution in [0.3, 0.4) is 0 Å². The van der Waals surface area contributed by atoms with E-state index in [9.17, 15) is 9.59 Å². The molecule has 0 bridgehead atoms. The number of pyridine rings is 1. The standard InChI is InChI=1S/C26H28N2O4/c1-17-15-21(18-5-7-19(8-6-18)25(30)32-26(2,3)4)22-16-20(9-10-23(22)27-17)24(29)28-11-13-31-14-12-28/h5-10,15-16H,11-14H2,1-4H3. The predicted octanol–water partition coefficient (Wildman–Crippen LogP) is 4.64. The molecule has 0 aliphatic carbocycles. The summed E-state index contributed by atoms with van der Waals surface area (Å²) in [5.41, 5.74) is 4.23. The number of esters is 1. The highest BCUT2D eigenvalue weighted by Gasteiger charge is 2.20. The number of carbonyl (C=O) groups is 2. The maximum absolute atomic E-state index is 13.0. The van der Waals surface area contributed by atoms with Crippen molar-refractivity contribution in [2.45, 2.75) is 33.3 Å². The van der Waals surface area contributed by atoms with Crippen LogP contribution in [0, 0.1) is 6.92 Å². The van der Waals surface area contributed by atoms with Gasteiger partial charge in [0.25, 0.3) is 5.91 Å². The number of amides is 1. The number of aromatic nitrogens is 1. The second-order valence-electron chi connectivity index (χ2n) is 9.03. The van der Waals surface area contributed by atoms with Gasteiger partial charge in [0.15, 0.2) is 0 Å². The third-order valence-corrected chi connectivity index (χ3v) is 5.31. The van der Waals surface area contributed by atoms with Gasteiger partial charge in [-0.05, 0) is 75.2 Å². The SMILES string of the molecule is Cc1cc(-c2ccc(C(=O)OC(C)(C)C)cc2)c2cc(C(=O)N3CCOCC3)ccc2n1. The van der Waals surface area contributed by atoms with Crippen LogP contribution < -0.4 is 0 Å². The Morgan fingerprint density at radius 2 is 1.62 bits per heavy atom. The van der Waals surface area contributed by atoms with Crippen molar-refractivity contribution in [3.63, 3.8) is 0 Å². The normalized spacial score (nSPS) is 14.4. The molecule has 0 unspecified atom stereocenters. The first-order chi connectivity index (χ1) is 15.2. The highest BCUT2D eigenvalue weighted by Crippen LogP contribution is 2.30. The molecule has 0 atom stereocenters. The fourth-order valence-electron chi connectivity index (χ4n) is 3.80. The molecule has 1 aliphatic rings. The van der Waals surface area contributed by atoms with Crippen LogP contribution in [0.1, 0.15) is 47.2 Å². The van der Waals surface area contributed by atoms with E-state index in [1.54, 1.807) is 12.1 Å². The fraction of sp³-hybridized carbons (Fsp3) is 0.346. The molecule has 1 fully saturated rings. The van der Waals surface area contributed by atoms with E-state index in [-0.39, 0.29) is 11.9 Å². The summed E-state index contributed by atoms with van der Waals surface area (Å²) in [6, 6.07) is 15.0. The van der Waals surface area contributed by atoms with Crippen molar-refractivity contribution >= 4 is 22.8 Å². The van der Waals surface area contributed by atoms with Crippen LogP contribution in [0.2, 0.25) is 0 Å². The summed E-state index contributed by atoms with van der Waals surface area (Å²) in [7, 11) is 0. The van der Waals surface area contributed by atoms with Gasteiger partial charge in [-0.15, -0.1) is 0 Å². The van der Waals surface area contributed by atoms with Gasteiger partial charge in [-0.3, -0.25) is 9.78 Å². The number of rotatable bonds is 3. The highest BCUT2D eigenvalue weighted by molar-refractivity contribution is 6.02. The lowest BCUT2D eigenvalue weighted by Gasteiger charge is -2.27. The molecule has 0 N–H and O–H groups in total. The number of hydrogen-bond donors (Lipinski definition) is 0. The van der Waals surface area contributed by atoms with Crippen molar-refractivity contribution in [3.05, 3.63) is 65.4 Å². The molecule has 6 heteroatoms. The molecule has 166 valence electrons. The lowest BCUT2D eigenvalue weighted by atomic mass is 9.97. The number of hydrogen-bond acceptors (Lipinski definition) is 5. The van der Waals surface area contributed by atoms with E-state index in [4.69, 9.17) is 9.47 Å². The van der Waals surface area contributed by atoms with Crippen LogP contribution >= 0.6 is 0 Å². The number of aryl methyl sites for hydroxylation is 1. The summed E-state index contributed by atoms with van der Waals surface area (Å²) in [6.07, 6.45) is 0. The van der Waals surface area contributed by atoms with Crippen LogP contribution in [0.25, 0.3) is 22.0 Å². The first kappa shape index (κ1) is 22.0. The minimum Gasteiger partial charge on any atom is -0.456 e. The van der Waals surface area contributed by atoms with E-state index < -0.39 is 5.60 Å². The Hall–Kier alpha value is -3.25. The van der Waals surface area contributed by atoms with Crippen LogP contribution in [0.4, 0.5) is 0 Å². The topological polar surface area (TPSA) is 68.7 Å². The van der Waals surface area contributed by atoms with E-state index >= 15 is 0 Å². The zero-order valence-corrected chi connectivity index (χ0v) is 19.0. The van der Waals surface area contributed by atoms with E-state index in [1.807, 2.05) is 69.0 Å². The van der Waals surface area contributed by atoms with Gasteiger partial charge in [0, 0.05) is 29.7 Å². The summed E-state index contributed by atoms with van der Waals surface area (Å²) in [5.74, 6) is -0.347. The van der Waals surface area contributed by atoms with Crippen LogP contribution in [-0.4, -0.2) is 53.7 Å². The monoisotopic (exact) mass is 432 g/mol. The average Bonchev–Trinajstić information content (AvgIpc) is 2.77. The van der Waals surface area contributed by atoms with Crippen LogP contribution in [0.5, 0.6) is 0 Å². The Labute approximate surface area is 188 Å². The molecule has 0 radical (unpaired) electrons. The van der Waals surface area contributed by atoms with Crippen LogP contribution in [-0.2, 0) is 9.47 Å². The van der Waals surface area contributed by atoms with Gasteiger partial charge in [-0.2, -0.15) is 0 Å². The first-order valence-electron chi connectivity index (χ1n) is 10.8. The molecule has 2 heterocycles. The number of benzene rings is 2. The van der Waals surface area contributed by atoms with Gasteiger partial charge in [-0.25, -0.2) is 4.79 Å². The van der Waals surface area contributed by atoms with Gasteiger partial charge >= 0.3 is 5.97 Å². The Morgan fingerprint density at radius 1 is 0.969 bits per heavy atom. The molecule has 6 nitrogen and oxygen atoms in total. The molecule has 0 saturated carbocycles.